The molecule has 10 nitrogen and oxygen atoms in total. The van der Waals surface area contributed by atoms with Crippen LogP contribution in [-0.4, -0.2) is 47.9 Å². The summed E-state index contributed by atoms with van der Waals surface area (Å²) in [7, 11) is 3.83. The Hall–Kier alpha value is -3.33. The van der Waals surface area contributed by atoms with E-state index >= 15 is 0 Å². The van der Waals surface area contributed by atoms with Crippen molar-refractivity contribution < 1.29 is 23.7 Å². The zero-order valence-electron chi connectivity index (χ0n) is 22.9. The van der Waals surface area contributed by atoms with Gasteiger partial charge in [0.05, 0.1) is 29.7 Å². The van der Waals surface area contributed by atoms with Crippen LogP contribution < -0.4 is 10.6 Å². The van der Waals surface area contributed by atoms with Crippen LogP contribution in [0.2, 0.25) is 0 Å². The lowest BCUT2D eigenvalue weighted by Crippen LogP contribution is -2.41. The lowest BCUT2D eigenvalue weighted by atomic mass is 10.1. The largest absolute Gasteiger partial charge is 0.444 e. The van der Waals surface area contributed by atoms with Crippen LogP contribution in [0.4, 0.5) is 16.2 Å². The third-order valence-electron chi connectivity index (χ3n) is 4.64. The first kappa shape index (κ1) is 32.7. The van der Waals surface area contributed by atoms with E-state index in [4.69, 9.17) is 14.0 Å². The van der Waals surface area contributed by atoms with Gasteiger partial charge in [0.2, 0.25) is 0 Å². The number of anilines is 1. The third-order valence-corrected chi connectivity index (χ3v) is 4.84. The maximum absolute atomic E-state index is 11.9. The molecule has 2 atom stereocenters. The highest BCUT2D eigenvalue weighted by atomic mass is 31.0. The molecule has 1 unspecified atom stereocenters. The number of carbonyl (C=O) groups is 1. The second kappa shape index (κ2) is 17.2. The minimum Gasteiger partial charge on any atom is -0.444 e. The van der Waals surface area contributed by atoms with Crippen LogP contribution in [0, 0.1) is 10.1 Å². The summed E-state index contributed by atoms with van der Waals surface area (Å²) >= 11 is 0. The Balaban J connectivity index is 0.000000548. The van der Waals surface area contributed by atoms with Crippen LogP contribution in [0.3, 0.4) is 0 Å². The smallest absolute Gasteiger partial charge is 0.407 e. The Morgan fingerprint density at radius 2 is 1.74 bits per heavy atom. The summed E-state index contributed by atoms with van der Waals surface area (Å²) in [6.45, 7) is 10.3. The number of amides is 1. The molecule has 0 bridgehead atoms. The van der Waals surface area contributed by atoms with Gasteiger partial charge in [-0.1, -0.05) is 62.4 Å². The summed E-state index contributed by atoms with van der Waals surface area (Å²) in [6, 6.07) is 16.8. The molecule has 1 heterocycles. The van der Waals surface area contributed by atoms with Crippen molar-refractivity contribution in [3.63, 3.8) is 0 Å². The van der Waals surface area contributed by atoms with Gasteiger partial charge >= 0.3 is 11.8 Å². The molecule has 11 heteroatoms. The van der Waals surface area contributed by atoms with Gasteiger partial charge in [-0.25, -0.2) is 9.78 Å². The van der Waals surface area contributed by atoms with Crippen LogP contribution in [0.15, 0.2) is 60.8 Å². The van der Waals surface area contributed by atoms with Crippen LogP contribution in [0.25, 0.3) is 10.9 Å². The molecule has 0 radical (unpaired) electrons. The van der Waals surface area contributed by atoms with Crippen molar-refractivity contribution in [1.29, 1.82) is 0 Å². The van der Waals surface area contributed by atoms with Gasteiger partial charge in [0.15, 0.2) is 0 Å². The van der Waals surface area contributed by atoms with Crippen molar-refractivity contribution in [1.82, 2.24) is 10.3 Å². The molecule has 0 saturated carbocycles. The first-order valence-corrected chi connectivity index (χ1v) is 12.7. The molecule has 1 aromatic heterocycles. The maximum atomic E-state index is 11.9. The van der Waals surface area contributed by atoms with Crippen molar-refractivity contribution >= 4 is 37.8 Å². The number of nitrogens with one attached hydrogen (secondary N) is 2. The highest BCUT2D eigenvalue weighted by Gasteiger charge is 2.22. The van der Waals surface area contributed by atoms with Crippen LogP contribution in [0.5, 0.6) is 0 Å². The maximum Gasteiger partial charge on any atom is 0.407 e. The average molecular weight is 547 g/mol. The molecule has 2 aromatic carbocycles. The number of para-hydroxylation sites is 1. The zero-order valence-corrected chi connectivity index (χ0v) is 24.0. The molecule has 0 spiro atoms. The lowest BCUT2D eigenvalue weighted by molar-refractivity contribution is -0.384. The van der Waals surface area contributed by atoms with E-state index in [0.29, 0.717) is 23.2 Å². The van der Waals surface area contributed by atoms with Gasteiger partial charge in [0.25, 0.3) is 0 Å². The van der Waals surface area contributed by atoms with E-state index in [1.165, 1.54) is 11.8 Å². The van der Waals surface area contributed by atoms with Gasteiger partial charge < -0.3 is 24.6 Å². The topological polar surface area (TPSA) is 125 Å². The molecule has 3 aromatic rings. The van der Waals surface area contributed by atoms with Gasteiger partial charge in [-0.2, -0.15) is 0 Å². The highest BCUT2D eigenvalue weighted by molar-refractivity contribution is 7.09. The molecular formula is C27H39N4O6P. The fraction of sp³-hybridized carbons (Fsp3) is 0.407. The fourth-order valence-electron chi connectivity index (χ4n) is 3.15. The van der Waals surface area contributed by atoms with Crippen LogP contribution in [-0.2, 0) is 20.6 Å². The SMILES string of the molecule is CC.CC(C)(C)OC(=O)NC[C@@H](COP)Nc1c([N+](=O)[O-])cnc2ccccc12.COCc1ccccc1. The van der Waals surface area contributed by atoms with Crippen LogP contribution in [0.1, 0.15) is 40.2 Å². The number of hydrogen-bond acceptors (Lipinski definition) is 8. The van der Waals surface area contributed by atoms with E-state index in [1.807, 2.05) is 44.2 Å². The van der Waals surface area contributed by atoms with Gasteiger partial charge in [-0.05, 0) is 32.4 Å². The second-order valence-electron chi connectivity index (χ2n) is 8.77. The summed E-state index contributed by atoms with van der Waals surface area (Å²) in [5.74, 6) is 0. The van der Waals surface area contributed by atoms with E-state index in [9.17, 15) is 14.9 Å². The summed E-state index contributed by atoms with van der Waals surface area (Å²) in [6.07, 6.45) is 0.636. The normalized spacial score (nSPS) is 11.2. The Morgan fingerprint density at radius 3 is 2.32 bits per heavy atom. The van der Waals surface area contributed by atoms with Crippen molar-refractivity contribution in [2.45, 2.75) is 52.9 Å². The van der Waals surface area contributed by atoms with Gasteiger partial charge in [-0.15, -0.1) is 0 Å². The predicted octanol–water partition coefficient (Wildman–Crippen LogP) is 6.11. The van der Waals surface area contributed by atoms with E-state index in [-0.39, 0.29) is 18.8 Å². The number of methoxy groups -OCH3 is 1. The number of carbonyl (C=O) groups excluding carboxylic acids is 1. The molecule has 3 rings (SSSR count). The molecule has 38 heavy (non-hydrogen) atoms. The number of aromatic nitrogens is 1. The molecule has 0 saturated heterocycles. The number of ether oxygens (including phenoxy) is 2. The number of nitro groups is 1. The number of nitrogens with zero attached hydrogens (tertiary/aromatic N) is 2. The first-order valence-electron chi connectivity index (χ1n) is 12.2. The summed E-state index contributed by atoms with van der Waals surface area (Å²) in [5.41, 5.74) is 1.39. The van der Waals surface area contributed by atoms with E-state index in [1.54, 1.807) is 52.1 Å². The number of hydrogen-bond donors (Lipinski definition) is 2. The highest BCUT2D eigenvalue weighted by Crippen LogP contribution is 2.32. The Labute approximate surface area is 226 Å². The molecule has 208 valence electrons. The van der Waals surface area contributed by atoms with E-state index in [0.717, 1.165) is 0 Å². The number of pyridine rings is 1. The molecular weight excluding hydrogens is 507 g/mol. The predicted molar refractivity (Wildman–Crippen MR) is 154 cm³/mol. The molecule has 0 aliphatic heterocycles. The monoisotopic (exact) mass is 546 g/mol. The number of benzene rings is 2. The minimum absolute atomic E-state index is 0.150. The Kier molecular flexibility index (Phi) is 14.8. The summed E-state index contributed by atoms with van der Waals surface area (Å²) in [5, 5.41) is 17.8. The van der Waals surface area contributed by atoms with Crippen molar-refractivity contribution in [2.75, 3.05) is 25.6 Å². The number of alkyl carbamates (subject to hydrolysis) is 1. The summed E-state index contributed by atoms with van der Waals surface area (Å²) in [4.78, 5) is 26.9. The summed E-state index contributed by atoms with van der Waals surface area (Å²) < 4.78 is 15.2. The molecule has 0 aliphatic rings. The Bertz CT molecular complexity index is 1130. The molecule has 0 fully saturated rings. The second-order valence-corrected chi connectivity index (χ2v) is 9.10. The zero-order chi connectivity index (χ0) is 28.6. The minimum atomic E-state index is -0.621. The Morgan fingerprint density at radius 1 is 1.11 bits per heavy atom. The third kappa shape index (κ3) is 11.8. The average Bonchev–Trinajstić information content (AvgIpc) is 2.89. The first-order chi connectivity index (χ1) is 18.1. The van der Waals surface area contributed by atoms with Crippen molar-refractivity contribution in [3.05, 3.63) is 76.5 Å². The molecule has 2 N–H and O–H groups in total. The number of rotatable bonds is 9. The van der Waals surface area contributed by atoms with E-state index in [2.05, 4.69) is 25.1 Å². The quantitative estimate of drug-likeness (QED) is 0.187. The van der Waals surface area contributed by atoms with Crippen molar-refractivity contribution in [2.24, 2.45) is 0 Å². The number of fused-ring (bicyclic) bond motifs is 1. The van der Waals surface area contributed by atoms with E-state index < -0.39 is 22.7 Å². The van der Waals surface area contributed by atoms with Gasteiger partial charge in [0.1, 0.15) is 17.5 Å². The molecule has 0 aliphatic carbocycles. The standard InChI is InChI=1S/C17H23N4O5P.C8H10O.C2H6/c1-17(2,3)26-16(22)19-8-11(10-25-27)20-15-12-6-4-5-7-13(12)18-9-14(15)21(23)24;1-9-7-8-5-3-2-4-6-8;1-2/h4-7,9,11H,8,10,27H2,1-3H3,(H,18,20)(H,19,22);2-6H,7H2,1H3;1-2H3/t11-;;/m0../s1. The fourth-order valence-corrected chi connectivity index (χ4v) is 3.39. The van der Waals surface area contributed by atoms with Crippen molar-refractivity contribution in [3.8, 4) is 0 Å². The van der Waals surface area contributed by atoms with Gasteiger partial charge in [0, 0.05) is 28.5 Å². The van der Waals surface area contributed by atoms with Crippen LogP contribution >= 0.6 is 9.47 Å². The lowest BCUT2D eigenvalue weighted by Gasteiger charge is -2.23. The molecule has 1 amide bonds. The van der Waals surface area contributed by atoms with Gasteiger partial charge in [-0.3, -0.25) is 10.1 Å².